The van der Waals surface area contributed by atoms with E-state index in [1.54, 1.807) is 20.3 Å². The smallest absolute Gasteiger partial charge is 0.247 e. The quantitative estimate of drug-likeness (QED) is 0.799. The van der Waals surface area contributed by atoms with Gasteiger partial charge in [0.1, 0.15) is 0 Å². The topological polar surface area (TPSA) is 38.8 Å². The standard InChI is InChI=1S/C18H25NO3/c1-13-6-5-7-14(2)19(13)18(20)11-9-15-8-10-16(21-3)17(12-15)22-4/h8-14H,5-7H2,1-4H3/b11-9+/t13-,14-/m1/s1. The molecule has 120 valence electrons. The van der Waals surface area contributed by atoms with Crippen molar-refractivity contribution >= 4 is 12.0 Å². The van der Waals surface area contributed by atoms with Crippen LogP contribution in [0.3, 0.4) is 0 Å². The Morgan fingerprint density at radius 1 is 1.14 bits per heavy atom. The maximum absolute atomic E-state index is 12.5. The molecule has 1 aromatic rings. The molecule has 4 heteroatoms. The number of nitrogens with zero attached hydrogens (tertiary/aromatic N) is 1. The third-order valence-corrected chi connectivity index (χ3v) is 4.27. The normalized spacial score (nSPS) is 21.9. The summed E-state index contributed by atoms with van der Waals surface area (Å²) in [6.45, 7) is 4.25. The van der Waals surface area contributed by atoms with Gasteiger partial charge in [-0.25, -0.2) is 0 Å². The molecule has 1 saturated heterocycles. The van der Waals surface area contributed by atoms with Crippen LogP contribution in [0.4, 0.5) is 0 Å². The fraction of sp³-hybridized carbons (Fsp3) is 0.500. The molecule has 1 aliphatic rings. The molecular formula is C18H25NO3. The Morgan fingerprint density at radius 2 is 1.77 bits per heavy atom. The van der Waals surface area contributed by atoms with E-state index >= 15 is 0 Å². The van der Waals surface area contributed by atoms with E-state index in [-0.39, 0.29) is 5.91 Å². The molecule has 0 bridgehead atoms. The molecule has 0 aromatic heterocycles. The molecule has 1 fully saturated rings. The first kappa shape index (κ1) is 16.4. The molecule has 0 saturated carbocycles. The van der Waals surface area contributed by atoms with Crippen molar-refractivity contribution in [1.29, 1.82) is 0 Å². The monoisotopic (exact) mass is 303 g/mol. The third kappa shape index (κ3) is 3.62. The summed E-state index contributed by atoms with van der Waals surface area (Å²) in [5, 5.41) is 0. The first-order valence-electron chi connectivity index (χ1n) is 7.79. The van der Waals surface area contributed by atoms with E-state index in [1.165, 1.54) is 6.42 Å². The highest BCUT2D eigenvalue weighted by atomic mass is 16.5. The number of ether oxygens (including phenoxy) is 2. The van der Waals surface area contributed by atoms with Crippen LogP contribution in [-0.4, -0.2) is 37.1 Å². The molecular weight excluding hydrogens is 278 g/mol. The van der Waals surface area contributed by atoms with Gasteiger partial charge >= 0.3 is 0 Å². The van der Waals surface area contributed by atoms with Crippen LogP contribution in [0.2, 0.25) is 0 Å². The highest BCUT2D eigenvalue weighted by molar-refractivity contribution is 5.92. The van der Waals surface area contributed by atoms with Crippen molar-refractivity contribution in [3.63, 3.8) is 0 Å². The molecule has 1 aromatic carbocycles. The van der Waals surface area contributed by atoms with E-state index in [2.05, 4.69) is 13.8 Å². The summed E-state index contributed by atoms with van der Waals surface area (Å²) in [5.74, 6) is 1.43. The first-order valence-corrected chi connectivity index (χ1v) is 7.79. The Bertz CT molecular complexity index is 543. The Hall–Kier alpha value is -1.97. The summed E-state index contributed by atoms with van der Waals surface area (Å²) in [6.07, 6.45) is 6.85. The van der Waals surface area contributed by atoms with Crippen LogP contribution in [0, 0.1) is 0 Å². The van der Waals surface area contributed by atoms with Gasteiger partial charge in [-0.3, -0.25) is 4.79 Å². The number of benzene rings is 1. The first-order chi connectivity index (χ1) is 10.6. The highest BCUT2D eigenvalue weighted by Crippen LogP contribution is 2.28. The minimum absolute atomic E-state index is 0.0782. The number of hydrogen-bond donors (Lipinski definition) is 0. The summed E-state index contributed by atoms with van der Waals surface area (Å²) in [4.78, 5) is 14.4. The number of likely N-dealkylation sites (tertiary alicyclic amines) is 1. The molecule has 0 aliphatic carbocycles. The lowest BCUT2D eigenvalue weighted by Crippen LogP contribution is -2.46. The molecule has 1 amide bonds. The summed E-state index contributed by atoms with van der Waals surface area (Å²) < 4.78 is 10.5. The van der Waals surface area contributed by atoms with Gasteiger partial charge in [-0.05, 0) is 56.9 Å². The van der Waals surface area contributed by atoms with Crippen molar-refractivity contribution in [1.82, 2.24) is 4.90 Å². The third-order valence-electron chi connectivity index (χ3n) is 4.27. The molecule has 0 unspecified atom stereocenters. The zero-order valence-corrected chi connectivity index (χ0v) is 13.8. The molecule has 1 aliphatic heterocycles. The minimum atomic E-state index is 0.0782. The fourth-order valence-corrected chi connectivity index (χ4v) is 3.07. The van der Waals surface area contributed by atoms with E-state index in [1.807, 2.05) is 29.2 Å². The molecule has 1 heterocycles. The summed E-state index contributed by atoms with van der Waals surface area (Å²) in [7, 11) is 3.21. The van der Waals surface area contributed by atoms with Crippen LogP contribution in [0.5, 0.6) is 11.5 Å². The zero-order chi connectivity index (χ0) is 16.1. The fourth-order valence-electron chi connectivity index (χ4n) is 3.07. The van der Waals surface area contributed by atoms with Gasteiger partial charge in [-0.15, -0.1) is 0 Å². The lowest BCUT2D eigenvalue weighted by atomic mass is 9.97. The molecule has 0 spiro atoms. The molecule has 4 nitrogen and oxygen atoms in total. The summed E-state index contributed by atoms with van der Waals surface area (Å²) in [6, 6.07) is 6.24. The van der Waals surface area contributed by atoms with Gasteiger partial charge in [0.25, 0.3) is 0 Å². The van der Waals surface area contributed by atoms with Crippen molar-refractivity contribution in [3.8, 4) is 11.5 Å². The number of carbonyl (C=O) groups is 1. The number of hydrogen-bond acceptors (Lipinski definition) is 3. The number of carbonyl (C=O) groups excluding carboxylic acids is 1. The van der Waals surface area contributed by atoms with Crippen LogP contribution in [0.1, 0.15) is 38.7 Å². The van der Waals surface area contributed by atoms with Gasteiger partial charge in [0, 0.05) is 18.2 Å². The van der Waals surface area contributed by atoms with Crippen LogP contribution >= 0.6 is 0 Å². The van der Waals surface area contributed by atoms with Gasteiger partial charge in [0.2, 0.25) is 5.91 Å². The average Bonchev–Trinajstić information content (AvgIpc) is 2.52. The second-order valence-electron chi connectivity index (χ2n) is 5.82. The van der Waals surface area contributed by atoms with Crippen molar-refractivity contribution in [2.75, 3.05) is 14.2 Å². The van der Waals surface area contributed by atoms with Crippen molar-refractivity contribution in [2.45, 2.75) is 45.2 Å². The van der Waals surface area contributed by atoms with Crippen molar-refractivity contribution in [2.24, 2.45) is 0 Å². The van der Waals surface area contributed by atoms with Gasteiger partial charge < -0.3 is 14.4 Å². The zero-order valence-electron chi connectivity index (χ0n) is 13.8. The second-order valence-corrected chi connectivity index (χ2v) is 5.82. The van der Waals surface area contributed by atoms with Crippen LogP contribution in [0.15, 0.2) is 24.3 Å². The number of rotatable bonds is 4. The van der Waals surface area contributed by atoms with E-state index < -0.39 is 0 Å². The van der Waals surface area contributed by atoms with Crippen molar-refractivity contribution < 1.29 is 14.3 Å². The van der Waals surface area contributed by atoms with Gasteiger partial charge in [-0.1, -0.05) is 6.07 Å². The predicted octanol–water partition coefficient (Wildman–Crippen LogP) is 3.51. The van der Waals surface area contributed by atoms with E-state index in [0.717, 1.165) is 18.4 Å². The molecule has 0 radical (unpaired) electrons. The average molecular weight is 303 g/mol. The largest absolute Gasteiger partial charge is 0.493 e. The molecule has 2 rings (SSSR count). The number of methoxy groups -OCH3 is 2. The Labute approximate surface area is 132 Å². The van der Waals surface area contributed by atoms with Crippen LogP contribution in [-0.2, 0) is 4.79 Å². The maximum atomic E-state index is 12.5. The Morgan fingerprint density at radius 3 is 2.36 bits per heavy atom. The molecule has 0 N–H and O–H groups in total. The van der Waals surface area contributed by atoms with Crippen LogP contribution in [0.25, 0.3) is 6.08 Å². The number of piperidine rings is 1. The second kappa shape index (κ2) is 7.34. The molecule has 2 atom stereocenters. The summed E-state index contributed by atoms with van der Waals surface area (Å²) in [5.41, 5.74) is 0.920. The van der Waals surface area contributed by atoms with Gasteiger partial charge in [0.15, 0.2) is 11.5 Å². The SMILES string of the molecule is COc1ccc(/C=C/C(=O)N2[C@H](C)CCC[C@H]2C)cc1OC. The van der Waals surface area contributed by atoms with E-state index in [9.17, 15) is 4.79 Å². The maximum Gasteiger partial charge on any atom is 0.247 e. The minimum Gasteiger partial charge on any atom is -0.493 e. The van der Waals surface area contributed by atoms with Gasteiger partial charge in [-0.2, -0.15) is 0 Å². The highest BCUT2D eigenvalue weighted by Gasteiger charge is 2.27. The van der Waals surface area contributed by atoms with E-state index in [0.29, 0.717) is 23.6 Å². The Balaban J connectivity index is 2.12. The summed E-state index contributed by atoms with van der Waals surface area (Å²) >= 11 is 0. The molecule has 22 heavy (non-hydrogen) atoms. The Kier molecular flexibility index (Phi) is 5.47. The predicted molar refractivity (Wildman–Crippen MR) is 88.2 cm³/mol. The van der Waals surface area contributed by atoms with E-state index in [4.69, 9.17) is 9.47 Å². The lowest BCUT2D eigenvalue weighted by molar-refractivity contribution is -0.131. The number of amides is 1. The van der Waals surface area contributed by atoms with Crippen LogP contribution < -0.4 is 9.47 Å². The van der Waals surface area contributed by atoms with Gasteiger partial charge in [0.05, 0.1) is 14.2 Å². The van der Waals surface area contributed by atoms with Crippen molar-refractivity contribution in [3.05, 3.63) is 29.8 Å². The lowest BCUT2D eigenvalue weighted by Gasteiger charge is -2.38.